The number of aromatic nitrogens is 2. The Labute approximate surface area is 178 Å². The van der Waals surface area contributed by atoms with Crippen LogP contribution in [0.4, 0.5) is 0 Å². The Morgan fingerprint density at radius 1 is 1.13 bits per heavy atom. The largest absolute Gasteiger partial charge is 0.350 e. The van der Waals surface area contributed by atoms with E-state index < -0.39 is 11.5 Å². The third-order valence-electron chi connectivity index (χ3n) is 4.80. The second-order valence-electron chi connectivity index (χ2n) is 6.90. The van der Waals surface area contributed by atoms with Crippen LogP contribution in [-0.4, -0.2) is 21.3 Å². The minimum absolute atomic E-state index is 0.0228. The van der Waals surface area contributed by atoms with Gasteiger partial charge in [-0.2, -0.15) is 5.10 Å². The third kappa shape index (κ3) is 4.04. The lowest BCUT2D eigenvalue weighted by Crippen LogP contribution is -2.30. The maximum Gasteiger partial charge on any atom is 0.276 e. The van der Waals surface area contributed by atoms with E-state index in [9.17, 15) is 9.59 Å². The highest BCUT2D eigenvalue weighted by Crippen LogP contribution is 2.18. The fourth-order valence-electron chi connectivity index (χ4n) is 3.36. The van der Waals surface area contributed by atoms with Crippen LogP contribution in [0.1, 0.15) is 21.5 Å². The van der Waals surface area contributed by atoms with E-state index in [1.165, 1.54) is 10.6 Å². The molecule has 7 heteroatoms. The van der Waals surface area contributed by atoms with Crippen molar-refractivity contribution in [3.05, 3.63) is 105 Å². The van der Waals surface area contributed by atoms with Gasteiger partial charge in [-0.3, -0.25) is 9.59 Å². The molecule has 0 radical (unpaired) electrons. The molecule has 1 amide bonds. The summed E-state index contributed by atoms with van der Waals surface area (Å²) >= 11 is 6.01. The van der Waals surface area contributed by atoms with Crippen molar-refractivity contribution in [1.82, 2.24) is 14.6 Å². The Bertz CT molecular complexity index is 1320. The van der Waals surface area contributed by atoms with E-state index in [1.807, 2.05) is 54.2 Å². The molecule has 4 aromatic rings. The number of nitrogens with one attached hydrogen (secondary N) is 1. The molecule has 0 saturated heterocycles. The van der Waals surface area contributed by atoms with E-state index >= 15 is 0 Å². The van der Waals surface area contributed by atoms with Gasteiger partial charge in [-0.25, -0.2) is 5.43 Å². The van der Waals surface area contributed by atoms with Gasteiger partial charge in [0.25, 0.3) is 11.5 Å². The number of hydrogen-bond donors (Lipinski definition) is 1. The lowest BCUT2D eigenvalue weighted by Gasteiger charge is -2.08. The van der Waals surface area contributed by atoms with E-state index in [1.54, 1.807) is 30.6 Å². The summed E-state index contributed by atoms with van der Waals surface area (Å²) in [6, 6.07) is 18.3. The van der Waals surface area contributed by atoms with Gasteiger partial charge < -0.3 is 9.13 Å². The molecule has 6 nitrogen and oxygen atoms in total. The van der Waals surface area contributed by atoms with Gasteiger partial charge in [0.2, 0.25) is 0 Å². The molecule has 2 aromatic heterocycles. The summed E-state index contributed by atoms with van der Waals surface area (Å²) in [7, 11) is 1.95. The van der Waals surface area contributed by atoms with E-state index in [-0.39, 0.29) is 5.56 Å². The van der Waals surface area contributed by atoms with Crippen molar-refractivity contribution in [2.24, 2.45) is 12.1 Å². The number of fused-ring (bicyclic) bond motifs is 1. The predicted molar refractivity (Wildman–Crippen MR) is 119 cm³/mol. The van der Waals surface area contributed by atoms with Gasteiger partial charge in [0.15, 0.2) is 0 Å². The van der Waals surface area contributed by atoms with Crippen molar-refractivity contribution in [3.63, 3.8) is 0 Å². The molecular formula is C23H19ClN4O2. The molecule has 0 saturated carbocycles. The van der Waals surface area contributed by atoms with E-state index in [0.717, 1.165) is 22.0 Å². The summed E-state index contributed by atoms with van der Waals surface area (Å²) in [4.78, 5) is 25.2. The number of aryl methyl sites for hydroxylation is 1. The fourth-order valence-corrected chi connectivity index (χ4v) is 3.58. The molecule has 0 aliphatic heterocycles. The second-order valence-corrected chi connectivity index (χ2v) is 7.33. The van der Waals surface area contributed by atoms with Crippen molar-refractivity contribution in [3.8, 4) is 0 Å². The quantitative estimate of drug-likeness (QED) is 0.395. The summed E-state index contributed by atoms with van der Waals surface area (Å²) in [6.07, 6.45) is 5.15. The lowest BCUT2D eigenvalue weighted by atomic mass is 10.2. The van der Waals surface area contributed by atoms with Crippen LogP contribution in [0.2, 0.25) is 5.02 Å². The first-order valence-electron chi connectivity index (χ1n) is 9.34. The Kier molecular flexibility index (Phi) is 5.50. The average Bonchev–Trinajstić information content (AvgIpc) is 3.05. The zero-order valence-corrected chi connectivity index (χ0v) is 17.0. The number of pyridine rings is 1. The molecule has 0 atom stereocenters. The molecule has 30 heavy (non-hydrogen) atoms. The molecular weight excluding hydrogens is 400 g/mol. The van der Waals surface area contributed by atoms with Gasteiger partial charge in [-0.15, -0.1) is 0 Å². The summed E-state index contributed by atoms with van der Waals surface area (Å²) in [5.41, 5.74) is 4.89. The number of amides is 1. The van der Waals surface area contributed by atoms with Crippen LogP contribution in [0.5, 0.6) is 0 Å². The van der Waals surface area contributed by atoms with Gasteiger partial charge in [-0.05, 0) is 35.9 Å². The number of rotatable bonds is 5. The molecule has 150 valence electrons. The fraction of sp³-hybridized carbons (Fsp3) is 0.0870. The standard InChI is InChI=1S/C23H19ClN4O2/c1-27-15-17(19-8-2-3-10-21(19)27)13-25-26-22(29)20-9-5-11-28(23(20)30)14-16-6-4-7-18(24)12-16/h2-13,15H,14H2,1H3,(H,26,29)/b25-13-. The third-order valence-corrected chi connectivity index (χ3v) is 5.04. The summed E-state index contributed by atoms with van der Waals surface area (Å²) < 4.78 is 3.46. The molecule has 0 bridgehead atoms. The Balaban J connectivity index is 1.52. The number of hydrazone groups is 1. The smallest absolute Gasteiger partial charge is 0.276 e. The molecule has 0 fully saturated rings. The minimum Gasteiger partial charge on any atom is -0.350 e. The molecule has 1 N–H and O–H groups in total. The summed E-state index contributed by atoms with van der Waals surface area (Å²) in [6.45, 7) is 0.319. The number of halogens is 1. The first-order valence-corrected chi connectivity index (χ1v) is 9.72. The normalized spacial score (nSPS) is 11.3. The van der Waals surface area contributed by atoms with Gasteiger partial charge >= 0.3 is 0 Å². The molecule has 0 aliphatic rings. The Hall–Kier alpha value is -3.64. The van der Waals surface area contributed by atoms with Gasteiger partial charge in [0.1, 0.15) is 5.56 Å². The molecule has 0 spiro atoms. The Morgan fingerprint density at radius 2 is 1.97 bits per heavy atom. The molecule has 0 unspecified atom stereocenters. The van der Waals surface area contributed by atoms with Crippen LogP contribution in [0, 0.1) is 0 Å². The number of carbonyl (C=O) groups is 1. The van der Waals surface area contributed by atoms with Gasteiger partial charge in [0, 0.05) is 40.9 Å². The van der Waals surface area contributed by atoms with Crippen LogP contribution >= 0.6 is 11.6 Å². The summed E-state index contributed by atoms with van der Waals surface area (Å²) in [5.74, 6) is -0.558. The molecule has 2 heterocycles. The van der Waals surface area contributed by atoms with Crippen LogP contribution < -0.4 is 11.0 Å². The van der Waals surface area contributed by atoms with Gasteiger partial charge in [-0.1, -0.05) is 41.9 Å². The highest BCUT2D eigenvalue weighted by atomic mass is 35.5. The number of hydrogen-bond acceptors (Lipinski definition) is 3. The van der Waals surface area contributed by atoms with E-state index in [0.29, 0.717) is 11.6 Å². The minimum atomic E-state index is -0.558. The molecule has 0 aliphatic carbocycles. The zero-order chi connectivity index (χ0) is 21.1. The highest BCUT2D eigenvalue weighted by Gasteiger charge is 2.12. The predicted octanol–water partition coefficient (Wildman–Crippen LogP) is 3.81. The lowest BCUT2D eigenvalue weighted by molar-refractivity contribution is 0.0953. The van der Waals surface area contributed by atoms with Crippen molar-refractivity contribution >= 4 is 34.6 Å². The first kappa shape index (κ1) is 19.7. The van der Waals surface area contributed by atoms with Crippen LogP contribution in [-0.2, 0) is 13.6 Å². The van der Waals surface area contributed by atoms with Crippen molar-refractivity contribution in [2.75, 3.05) is 0 Å². The van der Waals surface area contributed by atoms with Crippen molar-refractivity contribution in [1.29, 1.82) is 0 Å². The van der Waals surface area contributed by atoms with Crippen LogP contribution in [0.25, 0.3) is 10.9 Å². The monoisotopic (exact) mass is 418 g/mol. The van der Waals surface area contributed by atoms with E-state index in [4.69, 9.17) is 11.6 Å². The summed E-state index contributed by atoms with van der Waals surface area (Å²) in [5, 5.41) is 5.67. The topological polar surface area (TPSA) is 68.4 Å². The SMILES string of the molecule is Cn1cc(/C=N\NC(=O)c2cccn(Cc3cccc(Cl)c3)c2=O)c2ccccc21. The maximum atomic E-state index is 12.7. The average molecular weight is 419 g/mol. The number of para-hydroxylation sites is 1. The van der Waals surface area contributed by atoms with Crippen LogP contribution in [0.3, 0.4) is 0 Å². The number of carbonyl (C=O) groups excluding carboxylic acids is 1. The highest BCUT2D eigenvalue weighted by molar-refractivity contribution is 6.30. The van der Waals surface area contributed by atoms with E-state index in [2.05, 4.69) is 10.5 Å². The first-order chi connectivity index (χ1) is 14.5. The zero-order valence-electron chi connectivity index (χ0n) is 16.2. The Morgan fingerprint density at radius 3 is 2.80 bits per heavy atom. The second kappa shape index (κ2) is 8.39. The molecule has 2 aromatic carbocycles. The number of benzene rings is 2. The van der Waals surface area contributed by atoms with Crippen molar-refractivity contribution < 1.29 is 4.79 Å². The maximum absolute atomic E-state index is 12.7. The number of nitrogens with zero attached hydrogens (tertiary/aromatic N) is 3. The van der Waals surface area contributed by atoms with Crippen LogP contribution in [0.15, 0.2) is 83.0 Å². The van der Waals surface area contributed by atoms with Crippen molar-refractivity contribution in [2.45, 2.75) is 6.54 Å². The van der Waals surface area contributed by atoms with Gasteiger partial charge in [0.05, 0.1) is 12.8 Å². The molecule has 4 rings (SSSR count).